The van der Waals surface area contributed by atoms with E-state index in [1.54, 1.807) is 17.2 Å². The fourth-order valence-corrected chi connectivity index (χ4v) is 2.69. The summed E-state index contributed by atoms with van der Waals surface area (Å²) < 4.78 is 23.3. The van der Waals surface area contributed by atoms with Crippen LogP contribution in [0.15, 0.2) is 41.1 Å². The summed E-state index contributed by atoms with van der Waals surface area (Å²) in [5.74, 6) is 0.770. The van der Waals surface area contributed by atoms with Gasteiger partial charge in [0.05, 0.1) is 12.7 Å². The van der Waals surface area contributed by atoms with Crippen LogP contribution in [0.1, 0.15) is 18.6 Å². The van der Waals surface area contributed by atoms with Crippen LogP contribution in [-0.2, 0) is 11.2 Å². The third-order valence-corrected chi connectivity index (χ3v) is 4.08. The molecule has 0 radical (unpaired) electrons. The van der Waals surface area contributed by atoms with E-state index in [-0.39, 0.29) is 24.9 Å². The molecule has 128 valence electrons. The number of β-amino-alcohol motifs (C(OH)–C–C–N with tert-alkyl or cyclic N) is 1. The SMILES string of the molecule is O=C(CCc1ccno1)N1CC[C@@](O)(COc2ccc(F)cc2)C1. The van der Waals surface area contributed by atoms with Crippen LogP contribution in [0.25, 0.3) is 0 Å². The predicted octanol–water partition coefficient (Wildman–Crippen LogP) is 1.79. The quantitative estimate of drug-likeness (QED) is 0.872. The van der Waals surface area contributed by atoms with E-state index >= 15 is 0 Å². The minimum Gasteiger partial charge on any atom is -0.491 e. The largest absolute Gasteiger partial charge is 0.491 e. The molecule has 2 heterocycles. The summed E-state index contributed by atoms with van der Waals surface area (Å²) in [6, 6.07) is 7.34. The number of ether oxygens (including phenoxy) is 1. The second-order valence-corrected chi connectivity index (χ2v) is 6.01. The maximum absolute atomic E-state index is 12.9. The number of carbonyl (C=O) groups is 1. The zero-order valence-corrected chi connectivity index (χ0v) is 13.2. The fourth-order valence-electron chi connectivity index (χ4n) is 2.69. The highest BCUT2D eigenvalue weighted by Crippen LogP contribution is 2.24. The predicted molar refractivity (Wildman–Crippen MR) is 82.9 cm³/mol. The van der Waals surface area contributed by atoms with Crippen molar-refractivity contribution in [2.24, 2.45) is 0 Å². The summed E-state index contributed by atoms with van der Waals surface area (Å²) in [5, 5.41) is 14.2. The number of benzene rings is 1. The highest BCUT2D eigenvalue weighted by atomic mass is 19.1. The van der Waals surface area contributed by atoms with Gasteiger partial charge in [-0.05, 0) is 30.7 Å². The number of halogens is 1. The standard InChI is InChI=1S/C17H19FN2O4/c18-13-1-3-14(4-2-13)23-12-17(22)8-10-20(11-17)16(21)6-5-15-7-9-19-24-15/h1-4,7,9,22H,5-6,8,10-12H2/t17-/m0/s1. The molecule has 1 atom stereocenters. The highest BCUT2D eigenvalue weighted by Gasteiger charge is 2.38. The number of hydrogen-bond acceptors (Lipinski definition) is 5. The summed E-state index contributed by atoms with van der Waals surface area (Å²) in [6.45, 7) is 0.770. The molecule has 0 unspecified atom stereocenters. The monoisotopic (exact) mass is 334 g/mol. The lowest BCUT2D eigenvalue weighted by Gasteiger charge is -2.23. The Morgan fingerprint density at radius 2 is 2.17 bits per heavy atom. The molecule has 1 aliphatic rings. The van der Waals surface area contributed by atoms with Crippen molar-refractivity contribution in [3.05, 3.63) is 48.1 Å². The van der Waals surface area contributed by atoms with Crippen molar-refractivity contribution in [1.82, 2.24) is 10.1 Å². The van der Waals surface area contributed by atoms with Crippen LogP contribution < -0.4 is 4.74 Å². The van der Waals surface area contributed by atoms with Crippen molar-refractivity contribution in [1.29, 1.82) is 0 Å². The summed E-state index contributed by atoms with van der Waals surface area (Å²) in [7, 11) is 0. The molecule has 2 aromatic rings. The second kappa shape index (κ2) is 7.00. The molecule has 0 spiro atoms. The Hall–Kier alpha value is -2.41. The molecule has 7 heteroatoms. The van der Waals surface area contributed by atoms with Crippen molar-refractivity contribution in [2.75, 3.05) is 19.7 Å². The average Bonchev–Trinajstić information content (AvgIpc) is 3.22. The fraction of sp³-hybridized carbons (Fsp3) is 0.412. The highest BCUT2D eigenvalue weighted by molar-refractivity contribution is 5.76. The molecule has 0 aliphatic carbocycles. The van der Waals surface area contributed by atoms with E-state index in [0.717, 1.165) is 0 Å². The lowest BCUT2D eigenvalue weighted by Crippen LogP contribution is -2.40. The van der Waals surface area contributed by atoms with Crippen LogP contribution in [0.5, 0.6) is 5.75 Å². The van der Waals surface area contributed by atoms with E-state index in [1.807, 2.05) is 0 Å². The van der Waals surface area contributed by atoms with Gasteiger partial charge >= 0.3 is 0 Å². The lowest BCUT2D eigenvalue weighted by molar-refractivity contribution is -0.131. The molecule has 3 rings (SSSR count). The molecular formula is C17H19FN2O4. The normalized spacial score (nSPS) is 20.3. The minimum atomic E-state index is -1.09. The van der Waals surface area contributed by atoms with Crippen molar-refractivity contribution in [2.45, 2.75) is 24.9 Å². The topological polar surface area (TPSA) is 75.8 Å². The van der Waals surface area contributed by atoms with Gasteiger partial charge in [-0.25, -0.2) is 4.39 Å². The Morgan fingerprint density at radius 1 is 1.38 bits per heavy atom. The number of amides is 1. The van der Waals surface area contributed by atoms with E-state index in [4.69, 9.17) is 9.26 Å². The third-order valence-electron chi connectivity index (χ3n) is 4.08. The maximum atomic E-state index is 12.9. The number of likely N-dealkylation sites (tertiary alicyclic amines) is 1. The molecule has 1 aromatic heterocycles. The molecule has 1 N–H and O–H groups in total. The second-order valence-electron chi connectivity index (χ2n) is 6.01. The van der Waals surface area contributed by atoms with Crippen LogP contribution in [0.4, 0.5) is 4.39 Å². The smallest absolute Gasteiger partial charge is 0.223 e. The molecule has 6 nitrogen and oxygen atoms in total. The minimum absolute atomic E-state index is 0.0379. The molecule has 1 amide bonds. The van der Waals surface area contributed by atoms with Crippen LogP contribution in [-0.4, -0.2) is 46.4 Å². The number of nitrogens with zero attached hydrogens (tertiary/aromatic N) is 2. The van der Waals surface area contributed by atoms with Gasteiger partial charge < -0.3 is 19.3 Å². The van der Waals surface area contributed by atoms with E-state index in [1.165, 1.54) is 24.3 Å². The van der Waals surface area contributed by atoms with Crippen molar-refractivity contribution in [3.8, 4) is 5.75 Å². The summed E-state index contributed by atoms with van der Waals surface area (Å²) in [4.78, 5) is 13.8. The van der Waals surface area contributed by atoms with Gasteiger partial charge in [0.2, 0.25) is 5.91 Å². The molecule has 0 bridgehead atoms. The van der Waals surface area contributed by atoms with Gasteiger partial charge in [-0.2, -0.15) is 0 Å². The number of aliphatic hydroxyl groups is 1. The summed E-state index contributed by atoms with van der Waals surface area (Å²) >= 11 is 0. The number of aryl methyl sites for hydroxylation is 1. The number of carbonyl (C=O) groups excluding carboxylic acids is 1. The van der Waals surface area contributed by atoms with Gasteiger partial charge in [0.1, 0.15) is 29.5 Å². The van der Waals surface area contributed by atoms with Gasteiger partial charge in [-0.1, -0.05) is 5.16 Å². The Kier molecular flexibility index (Phi) is 4.80. The molecular weight excluding hydrogens is 315 g/mol. The van der Waals surface area contributed by atoms with Gasteiger partial charge in [0.25, 0.3) is 0 Å². The first kappa shape index (κ1) is 16.4. The molecule has 1 aromatic carbocycles. The first-order valence-electron chi connectivity index (χ1n) is 7.82. The molecule has 1 saturated heterocycles. The Balaban J connectivity index is 1.47. The molecule has 24 heavy (non-hydrogen) atoms. The van der Waals surface area contributed by atoms with E-state index < -0.39 is 5.60 Å². The van der Waals surface area contributed by atoms with Gasteiger partial charge in [0, 0.05) is 25.5 Å². The van der Waals surface area contributed by atoms with E-state index in [0.29, 0.717) is 37.3 Å². The van der Waals surface area contributed by atoms with Crippen LogP contribution in [0.3, 0.4) is 0 Å². The Morgan fingerprint density at radius 3 is 2.88 bits per heavy atom. The van der Waals surface area contributed by atoms with Crippen LogP contribution in [0.2, 0.25) is 0 Å². The molecule has 1 fully saturated rings. The Labute approximate surface area is 138 Å². The number of hydrogen-bond donors (Lipinski definition) is 1. The van der Waals surface area contributed by atoms with E-state index in [2.05, 4.69) is 5.16 Å². The van der Waals surface area contributed by atoms with Crippen molar-refractivity contribution < 1.29 is 23.6 Å². The van der Waals surface area contributed by atoms with E-state index in [9.17, 15) is 14.3 Å². The van der Waals surface area contributed by atoms with Gasteiger partial charge in [-0.15, -0.1) is 0 Å². The van der Waals surface area contributed by atoms with Crippen LogP contribution >= 0.6 is 0 Å². The molecule has 0 saturated carbocycles. The van der Waals surface area contributed by atoms with Crippen molar-refractivity contribution in [3.63, 3.8) is 0 Å². The zero-order valence-electron chi connectivity index (χ0n) is 13.2. The molecule has 1 aliphatic heterocycles. The van der Waals surface area contributed by atoms with Gasteiger partial charge in [0.15, 0.2) is 0 Å². The summed E-state index contributed by atoms with van der Waals surface area (Å²) in [6.07, 6.45) is 2.79. The Bertz CT molecular complexity index is 674. The summed E-state index contributed by atoms with van der Waals surface area (Å²) in [5.41, 5.74) is -1.09. The van der Waals surface area contributed by atoms with Crippen LogP contribution in [0, 0.1) is 5.82 Å². The lowest BCUT2D eigenvalue weighted by atomic mass is 10.1. The number of rotatable bonds is 6. The average molecular weight is 334 g/mol. The first-order chi connectivity index (χ1) is 11.5. The first-order valence-corrected chi connectivity index (χ1v) is 7.82. The zero-order chi connectivity index (χ0) is 17.0. The number of aromatic nitrogens is 1. The van der Waals surface area contributed by atoms with Crippen molar-refractivity contribution >= 4 is 5.91 Å². The van der Waals surface area contributed by atoms with Gasteiger partial charge in [-0.3, -0.25) is 4.79 Å². The third kappa shape index (κ3) is 4.11. The maximum Gasteiger partial charge on any atom is 0.223 e.